The average molecular weight is 161 g/mol. The fourth-order valence-electron chi connectivity index (χ4n) is 1.02. The van der Waals surface area contributed by atoms with Crippen LogP contribution >= 0.6 is 0 Å². The zero-order chi connectivity index (χ0) is 8.39. The van der Waals surface area contributed by atoms with Crippen molar-refractivity contribution >= 4 is 16.7 Å². The Morgan fingerprint density at radius 3 is 3.08 bits per heavy atom. The van der Waals surface area contributed by atoms with Crippen LogP contribution < -0.4 is 11.3 Å². The Balaban J connectivity index is 2.79. The molecule has 0 saturated heterocycles. The van der Waals surface area contributed by atoms with Gasteiger partial charge in [-0.1, -0.05) is 0 Å². The molecule has 0 amide bonds. The lowest BCUT2D eigenvalue weighted by Gasteiger charge is -2.01. The van der Waals surface area contributed by atoms with E-state index in [4.69, 9.17) is 5.84 Å². The fraction of sp³-hybridized carbons (Fsp3) is 0. The van der Waals surface area contributed by atoms with Crippen molar-refractivity contribution in [1.82, 2.24) is 15.0 Å². The SMILES string of the molecule is NNc1ncnc2cnccc12. The van der Waals surface area contributed by atoms with E-state index in [-0.39, 0.29) is 0 Å². The number of rotatable bonds is 1. The molecule has 2 heterocycles. The Kier molecular flexibility index (Phi) is 1.56. The number of nitrogens with one attached hydrogen (secondary N) is 1. The van der Waals surface area contributed by atoms with Crippen molar-refractivity contribution < 1.29 is 0 Å². The van der Waals surface area contributed by atoms with Gasteiger partial charge in [0.25, 0.3) is 0 Å². The van der Waals surface area contributed by atoms with Crippen molar-refractivity contribution in [3.05, 3.63) is 24.8 Å². The Hall–Kier alpha value is -1.75. The first-order chi connectivity index (χ1) is 5.92. The van der Waals surface area contributed by atoms with Crippen LogP contribution in [-0.2, 0) is 0 Å². The zero-order valence-corrected chi connectivity index (χ0v) is 6.23. The monoisotopic (exact) mass is 161 g/mol. The van der Waals surface area contributed by atoms with Crippen molar-refractivity contribution in [2.45, 2.75) is 0 Å². The first-order valence-corrected chi connectivity index (χ1v) is 3.43. The third kappa shape index (κ3) is 0.960. The summed E-state index contributed by atoms with van der Waals surface area (Å²) in [4.78, 5) is 11.9. The molecule has 0 aliphatic rings. The Morgan fingerprint density at radius 1 is 1.33 bits per heavy atom. The molecule has 0 spiro atoms. The molecule has 0 bridgehead atoms. The van der Waals surface area contributed by atoms with Crippen LogP contribution in [0.3, 0.4) is 0 Å². The van der Waals surface area contributed by atoms with Gasteiger partial charge in [-0.3, -0.25) is 4.98 Å². The Morgan fingerprint density at radius 2 is 2.25 bits per heavy atom. The van der Waals surface area contributed by atoms with E-state index < -0.39 is 0 Å². The van der Waals surface area contributed by atoms with Crippen molar-refractivity contribution in [1.29, 1.82) is 0 Å². The molecule has 0 aliphatic heterocycles. The summed E-state index contributed by atoms with van der Waals surface area (Å²) in [5, 5.41) is 0.870. The van der Waals surface area contributed by atoms with Gasteiger partial charge >= 0.3 is 0 Å². The van der Waals surface area contributed by atoms with E-state index in [2.05, 4.69) is 20.4 Å². The van der Waals surface area contributed by atoms with Crippen LogP contribution in [-0.4, -0.2) is 15.0 Å². The van der Waals surface area contributed by atoms with Gasteiger partial charge in [-0.15, -0.1) is 0 Å². The molecule has 0 aliphatic carbocycles. The molecule has 3 N–H and O–H groups in total. The fourth-order valence-corrected chi connectivity index (χ4v) is 1.02. The molecule has 12 heavy (non-hydrogen) atoms. The highest BCUT2D eigenvalue weighted by Crippen LogP contribution is 2.15. The number of nitrogen functional groups attached to an aromatic ring is 1. The van der Waals surface area contributed by atoms with Gasteiger partial charge in [0, 0.05) is 11.6 Å². The highest BCUT2D eigenvalue weighted by atomic mass is 15.3. The number of pyridine rings is 1. The predicted molar refractivity (Wildman–Crippen MR) is 45.1 cm³/mol. The third-order valence-corrected chi connectivity index (χ3v) is 1.58. The molecule has 2 rings (SSSR count). The van der Waals surface area contributed by atoms with E-state index in [9.17, 15) is 0 Å². The van der Waals surface area contributed by atoms with Crippen molar-refractivity contribution in [2.75, 3.05) is 5.43 Å². The average Bonchev–Trinajstić information content (AvgIpc) is 2.17. The van der Waals surface area contributed by atoms with E-state index in [0.29, 0.717) is 5.82 Å². The Labute approximate surface area is 68.6 Å². The normalized spacial score (nSPS) is 10.1. The number of nitrogens with zero attached hydrogens (tertiary/aromatic N) is 3. The van der Waals surface area contributed by atoms with Gasteiger partial charge in [0.2, 0.25) is 0 Å². The maximum atomic E-state index is 5.26. The van der Waals surface area contributed by atoms with Gasteiger partial charge in [0.1, 0.15) is 6.33 Å². The van der Waals surface area contributed by atoms with Crippen LogP contribution in [0.4, 0.5) is 5.82 Å². The third-order valence-electron chi connectivity index (χ3n) is 1.58. The van der Waals surface area contributed by atoms with Crippen molar-refractivity contribution in [3.63, 3.8) is 0 Å². The lowest BCUT2D eigenvalue weighted by molar-refractivity contribution is 1.17. The van der Waals surface area contributed by atoms with E-state index in [1.54, 1.807) is 12.4 Å². The smallest absolute Gasteiger partial charge is 0.151 e. The molecule has 60 valence electrons. The number of hydrogen-bond donors (Lipinski definition) is 2. The lowest BCUT2D eigenvalue weighted by Crippen LogP contribution is -2.09. The van der Waals surface area contributed by atoms with Crippen LogP contribution in [0, 0.1) is 0 Å². The minimum Gasteiger partial charge on any atom is -0.308 e. The van der Waals surface area contributed by atoms with E-state index in [1.807, 2.05) is 6.07 Å². The summed E-state index contributed by atoms with van der Waals surface area (Å²) in [7, 11) is 0. The number of nitrogens with two attached hydrogens (primary N) is 1. The van der Waals surface area contributed by atoms with Crippen molar-refractivity contribution in [3.8, 4) is 0 Å². The van der Waals surface area contributed by atoms with Gasteiger partial charge in [-0.25, -0.2) is 15.8 Å². The van der Waals surface area contributed by atoms with Gasteiger partial charge in [-0.05, 0) is 6.07 Å². The first-order valence-electron chi connectivity index (χ1n) is 3.43. The highest BCUT2D eigenvalue weighted by Gasteiger charge is 1.99. The second kappa shape index (κ2) is 2.71. The molecule has 2 aromatic heterocycles. The van der Waals surface area contributed by atoms with E-state index in [1.165, 1.54) is 6.33 Å². The Bertz CT molecular complexity index is 394. The molecule has 0 saturated carbocycles. The van der Waals surface area contributed by atoms with Crippen LogP contribution in [0.15, 0.2) is 24.8 Å². The molecule has 0 aromatic carbocycles. The summed E-state index contributed by atoms with van der Waals surface area (Å²) < 4.78 is 0. The molecule has 0 unspecified atom stereocenters. The number of hydrogen-bond acceptors (Lipinski definition) is 5. The van der Waals surface area contributed by atoms with Gasteiger partial charge in [0.15, 0.2) is 5.82 Å². The van der Waals surface area contributed by atoms with Crippen LogP contribution in [0.1, 0.15) is 0 Å². The molecule has 0 atom stereocenters. The highest BCUT2D eigenvalue weighted by molar-refractivity contribution is 5.87. The molecule has 0 fully saturated rings. The van der Waals surface area contributed by atoms with Gasteiger partial charge in [-0.2, -0.15) is 0 Å². The van der Waals surface area contributed by atoms with Crippen molar-refractivity contribution in [2.24, 2.45) is 5.84 Å². The summed E-state index contributed by atoms with van der Waals surface area (Å²) in [5.41, 5.74) is 3.27. The second-order valence-corrected chi connectivity index (χ2v) is 2.26. The number of hydrazine groups is 1. The van der Waals surface area contributed by atoms with Gasteiger partial charge in [0.05, 0.1) is 11.7 Å². The van der Waals surface area contributed by atoms with Crippen LogP contribution in [0.5, 0.6) is 0 Å². The summed E-state index contributed by atoms with van der Waals surface area (Å²) in [6.07, 6.45) is 4.78. The predicted octanol–water partition coefficient (Wildman–Crippen LogP) is 0.310. The molecule has 2 aromatic rings. The second-order valence-electron chi connectivity index (χ2n) is 2.26. The summed E-state index contributed by atoms with van der Waals surface area (Å²) >= 11 is 0. The number of anilines is 1. The first kappa shape index (κ1) is 6.93. The zero-order valence-electron chi connectivity index (χ0n) is 6.23. The lowest BCUT2D eigenvalue weighted by atomic mass is 10.3. The number of fused-ring (bicyclic) bond motifs is 1. The molecule has 5 nitrogen and oxygen atoms in total. The van der Waals surface area contributed by atoms with E-state index >= 15 is 0 Å². The van der Waals surface area contributed by atoms with Crippen LogP contribution in [0.25, 0.3) is 10.9 Å². The minimum atomic E-state index is 0.613. The number of aromatic nitrogens is 3. The minimum absolute atomic E-state index is 0.613. The molecule has 0 radical (unpaired) electrons. The molecular weight excluding hydrogens is 154 g/mol. The summed E-state index contributed by atoms with van der Waals surface area (Å²) in [6, 6.07) is 1.81. The largest absolute Gasteiger partial charge is 0.308 e. The topological polar surface area (TPSA) is 76.7 Å². The summed E-state index contributed by atoms with van der Waals surface area (Å²) in [6.45, 7) is 0. The quantitative estimate of drug-likeness (QED) is 0.465. The van der Waals surface area contributed by atoms with E-state index in [0.717, 1.165) is 10.9 Å². The summed E-state index contributed by atoms with van der Waals surface area (Å²) in [5.74, 6) is 5.87. The maximum Gasteiger partial charge on any atom is 0.151 e. The van der Waals surface area contributed by atoms with Gasteiger partial charge < -0.3 is 5.43 Å². The standard InChI is InChI=1S/C7H7N5/c8-12-7-5-1-2-9-3-6(5)10-4-11-7/h1-4H,8H2,(H,10,11,12). The van der Waals surface area contributed by atoms with Crippen LogP contribution in [0.2, 0.25) is 0 Å². The molecule has 5 heteroatoms. The molecular formula is C7H7N5. The maximum absolute atomic E-state index is 5.26.